The van der Waals surface area contributed by atoms with Gasteiger partial charge < -0.3 is 4.90 Å². The zero-order valence-corrected chi connectivity index (χ0v) is 10.1. The Labute approximate surface area is 106 Å². The SMILES string of the molecule is O=C(c1cc[c]c([N+](=O)[O-])c1)N1CCCCCC1. The lowest BCUT2D eigenvalue weighted by atomic mass is 10.1. The molecule has 0 saturated carbocycles. The number of hydrogen-bond acceptors (Lipinski definition) is 3. The van der Waals surface area contributed by atoms with E-state index in [-0.39, 0.29) is 11.6 Å². The summed E-state index contributed by atoms with van der Waals surface area (Å²) in [6.07, 6.45) is 4.30. The van der Waals surface area contributed by atoms with E-state index < -0.39 is 4.92 Å². The van der Waals surface area contributed by atoms with E-state index in [0.717, 1.165) is 38.8 Å². The first-order chi connectivity index (χ1) is 8.68. The molecule has 1 amide bonds. The van der Waals surface area contributed by atoms with Gasteiger partial charge in [0.2, 0.25) is 0 Å². The number of likely N-dealkylation sites (tertiary alicyclic amines) is 1. The molecule has 0 spiro atoms. The molecule has 0 aromatic heterocycles. The zero-order valence-electron chi connectivity index (χ0n) is 10.1. The van der Waals surface area contributed by atoms with E-state index in [4.69, 9.17) is 0 Å². The van der Waals surface area contributed by atoms with Gasteiger partial charge in [-0.15, -0.1) is 0 Å². The van der Waals surface area contributed by atoms with E-state index >= 15 is 0 Å². The third-order valence-electron chi connectivity index (χ3n) is 3.12. The Kier molecular flexibility index (Phi) is 3.92. The van der Waals surface area contributed by atoms with Gasteiger partial charge in [0.15, 0.2) is 0 Å². The van der Waals surface area contributed by atoms with Crippen LogP contribution in [-0.2, 0) is 0 Å². The minimum atomic E-state index is -0.529. The van der Waals surface area contributed by atoms with Crippen molar-refractivity contribution in [2.24, 2.45) is 0 Å². The van der Waals surface area contributed by atoms with Gasteiger partial charge in [-0.25, -0.2) is 0 Å². The summed E-state index contributed by atoms with van der Waals surface area (Å²) in [5.74, 6) is -0.117. The predicted molar refractivity (Wildman–Crippen MR) is 66.3 cm³/mol. The highest BCUT2D eigenvalue weighted by Gasteiger charge is 2.19. The maximum absolute atomic E-state index is 12.2. The van der Waals surface area contributed by atoms with Crippen LogP contribution in [0.2, 0.25) is 0 Å². The van der Waals surface area contributed by atoms with Crippen molar-refractivity contribution < 1.29 is 9.72 Å². The molecule has 1 radical (unpaired) electrons. The van der Waals surface area contributed by atoms with E-state index in [9.17, 15) is 14.9 Å². The highest BCUT2D eigenvalue weighted by atomic mass is 16.6. The largest absolute Gasteiger partial charge is 0.339 e. The van der Waals surface area contributed by atoms with Gasteiger partial charge in [0.1, 0.15) is 0 Å². The minimum absolute atomic E-state index is 0.117. The first kappa shape index (κ1) is 12.5. The molecule has 1 aliphatic heterocycles. The number of amides is 1. The summed E-state index contributed by atoms with van der Waals surface area (Å²) >= 11 is 0. The fourth-order valence-electron chi connectivity index (χ4n) is 2.15. The molecule has 1 aromatic rings. The van der Waals surface area contributed by atoms with Crippen molar-refractivity contribution in [2.45, 2.75) is 25.7 Å². The van der Waals surface area contributed by atoms with Crippen LogP contribution in [0.4, 0.5) is 5.69 Å². The highest BCUT2D eigenvalue weighted by molar-refractivity contribution is 5.94. The van der Waals surface area contributed by atoms with Gasteiger partial charge in [-0.1, -0.05) is 12.8 Å². The van der Waals surface area contributed by atoms with Crippen molar-refractivity contribution in [3.8, 4) is 0 Å². The average molecular weight is 247 g/mol. The Hall–Kier alpha value is -1.91. The zero-order chi connectivity index (χ0) is 13.0. The first-order valence-electron chi connectivity index (χ1n) is 6.14. The van der Waals surface area contributed by atoms with E-state index in [2.05, 4.69) is 6.07 Å². The number of nitro groups is 1. The molecular formula is C13H15N2O3. The van der Waals surface area contributed by atoms with Crippen LogP contribution in [0.25, 0.3) is 0 Å². The van der Waals surface area contributed by atoms with Crippen LogP contribution >= 0.6 is 0 Å². The summed E-state index contributed by atoms with van der Waals surface area (Å²) < 4.78 is 0. The molecule has 1 saturated heterocycles. The molecular weight excluding hydrogens is 232 g/mol. The number of benzene rings is 1. The van der Waals surface area contributed by atoms with Gasteiger partial charge in [-0.2, -0.15) is 0 Å². The second-order valence-electron chi connectivity index (χ2n) is 4.43. The monoisotopic (exact) mass is 247 g/mol. The summed E-state index contributed by atoms with van der Waals surface area (Å²) in [6.45, 7) is 1.48. The maximum atomic E-state index is 12.2. The lowest BCUT2D eigenvalue weighted by molar-refractivity contribution is -0.385. The van der Waals surface area contributed by atoms with Crippen LogP contribution in [0.3, 0.4) is 0 Å². The second-order valence-corrected chi connectivity index (χ2v) is 4.43. The third kappa shape index (κ3) is 2.85. The molecule has 0 N–H and O–H groups in total. The number of rotatable bonds is 2. The fraction of sp³-hybridized carbons (Fsp3) is 0.462. The molecule has 0 bridgehead atoms. The first-order valence-corrected chi connectivity index (χ1v) is 6.14. The van der Waals surface area contributed by atoms with Crippen molar-refractivity contribution in [2.75, 3.05) is 13.1 Å². The number of carbonyl (C=O) groups is 1. The topological polar surface area (TPSA) is 63.4 Å². The van der Waals surface area contributed by atoms with Crippen LogP contribution in [0, 0.1) is 16.2 Å². The van der Waals surface area contributed by atoms with Crippen LogP contribution in [0.15, 0.2) is 18.2 Å². The predicted octanol–water partition coefficient (Wildman–Crippen LogP) is 2.41. The minimum Gasteiger partial charge on any atom is -0.339 e. The summed E-state index contributed by atoms with van der Waals surface area (Å²) in [7, 11) is 0. The molecule has 2 rings (SSSR count). The fourth-order valence-corrected chi connectivity index (χ4v) is 2.15. The van der Waals surface area contributed by atoms with Gasteiger partial charge in [0, 0.05) is 24.7 Å². The Balaban J connectivity index is 2.16. The smallest absolute Gasteiger partial charge is 0.278 e. The van der Waals surface area contributed by atoms with Gasteiger partial charge in [0.25, 0.3) is 11.6 Å². The molecule has 0 aliphatic carbocycles. The normalized spacial score (nSPS) is 16.1. The summed E-state index contributed by atoms with van der Waals surface area (Å²) in [4.78, 5) is 24.1. The number of non-ortho nitro benzene ring substituents is 1. The molecule has 0 unspecified atom stereocenters. The van der Waals surface area contributed by atoms with Crippen LogP contribution in [-0.4, -0.2) is 28.8 Å². The number of carbonyl (C=O) groups excluding carboxylic acids is 1. The van der Waals surface area contributed by atoms with E-state index in [1.54, 1.807) is 11.0 Å². The van der Waals surface area contributed by atoms with E-state index in [0.29, 0.717) is 5.56 Å². The third-order valence-corrected chi connectivity index (χ3v) is 3.12. The Morgan fingerprint density at radius 2 is 1.94 bits per heavy atom. The quantitative estimate of drug-likeness (QED) is 0.595. The Morgan fingerprint density at radius 1 is 1.28 bits per heavy atom. The molecule has 0 atom stereocenters. The van der Waals surface area contributed by atoms with Crippen molar-refractivity contribution >= 4 is 11.6 Å². The number of nitro benzene ring substituents is 1. The molecule has 5 heteroatoms. The van der Waals surface area contributed by atoms with Crippen molar-refractivity contribution in [3.63, 3.8) is 0 Å². The number of nitrogens with zero attached hydrogens (tertiary/aromatic N) is 2. The molecule has 1 fully saturated rings. The Morgan fingerprint density at radius 3 is 2.56 bits per heavy atom. The van der Waals surface area contributed by atoms with Gasteiger partial charge in [-0.3, -0.25) is 14.9 Å². The van der Waals surface area contributed by atoms with Crippen molar-refractivity contribution in [1.82, 2.24) is 4.90 Å². The van der Waals surface area contributed by atoms with Gasteiger partial charge in [0.05, 0.1) is 11.0 Å². The summed E-state index contributed by atoms with van der Waals surface area (Å²) in [5.41, 5.74) is 0.220. The van der Waals surface area contributed by atoms with Crippen LogP contribution < -0.4 is 0 Å². The lowest BCUT2D eigenvalue weighted by Crippen LogP contribution is -2.31. The van der Waals surface area contributed by atoms with Crippen molar-refractivity contribution in [1.29, 1.82) is 0 Å². The summed E-state index contributed by atoms with van der Waals surface area (Å²) in [5, 5.41) is 10.7. The van der Waals surface area contributed by atoms with Gasteiger partial charge in [-0.05, 0) is 25.0 Å². The van der Waals surface area contributed by atoms with Crippen LogP contribution in [0.5, 0.6) is 0 Å². The van der Waals surface area contributed by atoms with Crippen molar-refractivity contribution in [3.05, 3.63) is 39.9 Å². The lowest BCUT2D eigenvalue weighted by Gasteiger charge is -2.20. The molecule has 95 valence electrons. The molecule has 1 aliphatic rings. The van der Waals surface area contributed by atoms with E-state index in [1.807, 2.05) is 0 Å². The molecule has 1 heterocycles. The maximum Gasteiger partial charge on any atom is 0.278 e. The molecule has 5 nitrogen and oxygen atoms in total. The molecule has 18 heavy (non-hydrogen) atoms. The van der Waals surface area contributed by atoms with Gasteiger partial charge >= 0.3 is 0 Å². The standard InChI is InChI=1S/C13H15N2O3/c16-13(14-8-3-1-2-4-9-14)11-6-5-7-12(10-11)15(17)18/h5-6,10H,1-4,8-9H2. The number of hydrogen-bond donors (Lipinski definition) is 0. The second kappa shape index (κ2) is 5.62. The highest BCUT2D eigenvalue weighted by Crippen LogP contribution is 2.17. The summed E-state index contributed by atoms with van der Waals surface area (Å²) in [6, 6.07) is 6.82. The average Bonchev–Trinajstić information content (AvgIpc) is 2.67. The Bertz CT molecular complexity index is 451. The van der Waals surface area contributed by atoms with Crippen LogP contribution in [0.1, 0.15) is 36.0 Å². The molecule has 1 aromatic carbocycles. The van der Waals surface area contributed by atoms with E-state index in [1.165, 1.54) is 12.1 Å².